The summed E-state index contributed by atoms with van der Waals surface area (Å²) in [5.41, 5.74) is 9.39. The Kier molecular flexibility index (Phi) is 7.39. The molecule has 10 nitrogen and oxygen atoms in total. The Bertz CT molecular complexity index is 1640. The standard InChI is InChI=1S/C29H29N5O5/c1-15(34-14-24(28(36)33-3)22-11-16(26(30)31)6-10-25(22)34)19-8-5-17(27(35)32-2)12-21(19)20-9-7-18(39-4)13-23(20)29(37)38/h5-15H,1-4H3,(H3,30,31)(H,32,35)(H,33,36)(H,37,38). The van der Waals surface area contributed by atoms with Crippen LogP contribution in [-0.4, -0.2) is 54.5 Å². The lowest BCUT2D eigenvalue weighted by atomic mass is 9.90. The number of fused-ring (bicyclic) bond motifs is 1. The first kappa shape index (κ1) is 26.9. The minimum atomic E-state index is -1.14. The molecule has 0 spiro atoms. The predicted octanol–water partition coefficient (Wildman–Crippen LogP) is 3.63. The van der Waals surface area contributed by atoms with Crippen molar-refractivity contribution in [3.8, 4) is 16.9 Å². The van der Waals surface area contributed by atoms with Gasteiger partial charge in [-0.3, -0.25) is 15.0 Å². The van der Waals surface area contributed by atoms with Gasteiger partial charge in [-0.15, -0.1) is 0 Å². The highest BCUT2D eigenvalue weighted by Crippen LogP contribution is 2.37. The van der Waals surface area contributed by atoms with E-state index in [-0.39, 0.29) is 23.2 Å². The Balaban J connectivity index is 1.99. The van der Waals surface area contributed by atoms with Crippen LogP contribution in [0, 0.1) is 5.41 Å². The zero-order valence-electron chi connectivity index (χ0n) is 22.0. The number of carboxylic acid groups (broad SMARTS) is 1. The van der Waals surface area contributed by atoms with Gasteiger partial charge in [-0.05, 0) is 72.1 Å². The molecule has 39 heavy (non-hydrogen) atoms. The van der Waals surface area contributed by atoms with Gasteiger partial charge in [0.2, 0.25) is 0 Å². The number of amidine groups is 1. The van der Waals surface area contributed by atoms with E-state index in [2.05, 4.69) is 10.6 Å². The van der Waals surface area contributed by atoms with Crippen molar-refractivity contribution in [2.24, 2.45) is 5.73 Å². The normalized spacial score (nSPS) is 11.6. The molecule has 1 atom stereocenters. The monoisotopic (exact) mass is 527 g/mol. The number of aromatic carboxylic acids is 1. The molecule has 0 radical (unpaired) electrons. The quantitative estimate of drug-likeness (QED) is 0.174. The molecule has 0 fully saturated rings. The molecule has 3 aromatic carbocycles. The lowest BCUT2D eigenvalue weighted by molar-refractivity contribution is 0.0696. The van der Waals surface area contributed by atoms with Gasteiger partial charge in [0.05, 0.1) is 24.3 Å². The largest absolute Gasteiger partial charge is 0.497 e. The molecule has 0 aliphatic rings. The van der Waals surface area contributed by atoms with E-state index in [0.717, 1.165) is 11.1 Å². The second-order valence-corrected chi connectivity index (χ2v) is 8.95. The van der Waals surface area contributed by atoms with E-state index in [9.17, 15) is 19.5 Å². The summed E-state index contributed by atoms with van der Waals surface area (Å²) in [6.07, 6.45) is 1.72. The number of carbonyl (C=O) groups excluding carboxylic acids is 2. The van der Waals surface area contributed by atoms with Crippen LogP contribution in [0.1, 0.15) is 55.2 Å². The van der Waals surface area contributed by atoms with Gasteiger partial charge in [0.15, 0.2) is 0 Å². The van der Waals surface area contributed by atoms with E-state index < -0.39 is 12.0 Å². The Morgan fingerprint density at radius 3 is 2.23 bits per heavy atom. The third-order valence-electron chi connectivity index (χ3n) is 6.77. The van der Waals surface area contributed by atoms with E-state index in [1.807, 2.05) is 11.5 Å². The lowest BCUT2D eigenvalue weighted by Crippen LogP contribution is -2.18. The Morgan fingerprint density at radius 2 is 1.62 bits per heavy atom. The summed E-state index contributed by atoms with van der Waals surface area (Å²) < 4.78 is 7.15. The van der Waals surface area contributed by atoms with Gasteiger partial charge in [0.25, 0.3) is 11.8 Å². The van der Waals surface area contributed by atoms with Gasteiger partial charge in [-0.2, -0.15) is 0 Å². The topological polar surface area (TPSA) is 160 Å². The minimum Gasteiger partial charge on any atom is -0.497 e. The summed E-state index contributed by atoms with van der Waals surface area (Å²) in [5, 5.41) is 23.7. The first-order valence-electron chi connectivity index (χ1n) is 12.1. The number of carboxylic acids is 1. The van der Waals surface area contributed by atoms with Crippen molar-refractivity contribution in [2.45, 2.75) is 13.0 Å². The molecule has 1 unspecified atom stereocenters. The van der Waals surface area contributed by atoms with E-state index in [4.69, 9.17) is 15.9 Å². The van der Waals surface area contributed by atoms with Crippen LogP contribution in [0.25, 0.3) is 22.0 Å². The number of hydrogen-bond acceptors (Lipinski definition) is 5. The van der Waals surface area contributed by atoms with Crippen molar-refractivity contribution in [3.63, 3.8) is 0 Å². The van der Waals surface area contributed by atoms with Crippen molar-refractivity contribution >= 4 is 34.5 Å². The highest BCUT2D eigenvalue weighted by molar-refractivity contribution is 6.09. The minimum absolute atomic E-state index is 0.0198. The lowest BCUT2D eigenvalue weighted by Gasteiger charge is -2.22. The molecule has 4 aromatic rings. The summed E-state index contributed by atoms with van der Waals surface area (Å²) in [6, 6.07) is 14.7. The maximum absolute atomic E-state index is 12.8. The maximum Gasteiger partial charge on any atom is 0.336 e. The molecular weight excluding hydrogens is 498 g/mol. The van der Waals surface area contributed by atoms with Gasteiger partial charge < -0.3 is 30.8 Å². The number of amides is 2. The first-order chi connectivity index (χ1) is 18.6. The number of nitrogens with zero attached hydrogens (tertiary/aromatic N) is 1. The number of nitrogen functional groups attached to an aromatic ring is 1. The van der Waals surface area contributed by atoms with Gasteiger partial charge in [-0.25, -0.2) is 4.79 Å². The molecule has 200 valence electrons. The van der Waals surface area contributed by atoms with Crippen molar-refractivity contribution < 1.29 is 24.2 Å². The number of carbonyl (C=O) groups is 3. The van der Waals surface area contributed by atoms with Crippen LogP contribution in [0.5, 0.6) is 5.75 Å². The smallest absolute Gasteiger partial charge is 0.336 e. The first-order valence-corrected chi connectivity index (χ1v) is 12.1. The SMILES string of the molecule is CNC(=O)c1ccc(C(C)n2cc(C(=O)NC)c3cc(C(=N)N)ccc32)c(-c2ccc(OC)cc2C(=O)O)c1. The molecule has 1 aromatic heterocycles. The van der Waals surface area contributed by atoms with Gasteiger partial charge >= 0.3 is 5.97 Å². The summed E-state index contributed by atoms with van der Waals surface area (Å²) in [6.45, 7) is 1.92. The fourth-order valence-corrected chi connectivity index (χ4v) is 4.71. The second-order valence-electron chi connectivity index (χ2n) is 8.95. The molecule has 0 saturated carbocycles. The van der Waals surface area contributed by atoms with E-state index in [0.29, 0.717) is 39.0 Å². The molecule has 0 aliphatic heterocycles. The Morgan fingerprint density at radius 1 is 0.923 bits per heavy atom. The number of rotatable bonds is 8. The molecular formula is C29H29N5O5. The highest BCUT2D eigenvalue weighted by Gasteiger charge is 2.24. The number of nitrogens with two attached hydrogens (primary N) is 1. The van der Waals surface area contributed by atoms with Crippen LogP contribution >= 0.6 is 0 Å². The average molecular weight is 528 g/mol. The highest BCUT2D eigenvalue weighted by atomic mass is 16.5. The fraction of sp³-hybridized carbons (Fsp3) is 0.172. The molecule has 4 rings (SSSR count). The van der Waals surface area contributed by atoms with Crippen molar-refractivity contribution in [2.75, 3.05) is 21.2 Å². The maximum atomic E-state index is 12.8. The number of benzene rings is 3. The van der Waals surface area contributed by atoms with Crippen LogP contribution in [0.2, 0.25) is 0 Å². The third kappa shape index (κ3) is 4.91. The predicted molar refractivity (Wildman–Crippen MR) is 149 cm³/mol. The zero-order valence-corrected chi connectivity index (χ0v) is 22.0. The second kappa shape index (κ2) is 10.7. The number of ether oxygens (including phenoxy) is 1. The summed E-state index contributed by atoms with van der Waals surface area (Å²) in [5.74, 6) is -1.48. The van der Waals surface area contributed by atoms with Gasteiger partial charge in [0.1, 0.15) is 11.6 Å². The number of nitrogens with one attached hydrogen (secondary N) is 3. The number of methoxy groups -OCH3 is 1. The molecule has 6 N–H and O–H groups in total. The van der Waals surface area contributed by atoms with Gasteiger partial charge in [0, 0.05) is 42.3 Å². The number of hydrogen-bond donors (Lipinski definition) is 5. The van der Waals surface area contributed by atoms with Crippen LogP contribution < -0.4 is 21.1 Å². The van der Waals surface area contributed by atoms with E-state index >= 15 is 0 Å². The zero-order chi connectivity index (χ0) is 28.4. The average Bonchev–Trinajstić information content (AvgIpc) is 3.34. The van der Waals surface area contributed by atoms with Crippen molar-refractivity contribution in [1.82, 2.24) is 15.2 Å². The molecule has 10 heteroatoms. The number of aromatic nitrogens is 1. The Labute approximate surface area is 224 Å². The molecule has 0 bridgehead atoms. The Hall–Kier alpha value is -5.12. The van der Waals surface area contributed by atoms with Crippen molar-refractivity contribution in [1.29, 1.82) is 5.41 Å². The molecule has 0 aliphatic carbocycles. The summed E-state index contributed by atoms with van der Waals surface area (Å²) in [4.78, 5) is 37.5. The van der Waals surface area contributed by atoms with Crippen LogP contribution in [0.15, 0.2) is 60.8 Å². The molecule has 1 heterocycles. The van der Waals surface area contributed by atoms with Crippen molar-refractivity contribution in [3.05, 3.63) is 88.6 Å². The van der Waals surface area contributed by atoms with Crippen LogP contribution in [0.4, 0.5) is 0 Å². The fourth-order valence-electron chi connectivity index (χ4n) is 4.71. The van der Waals surface area contributed by atoms with E-state index in [1.54, 1.807) is 54.7 Å². The summed E-state index contributed by atoms with van der Waals surface area (Å²) >= 11 is 0. The van der Waals surface area contributed by atoms with Crippen LogP contribution in [0.3, 0.4) is 0 Å². The molecule has 2 amide bonds. The summed E-state index contributed by atoms with van der Waals surface area (Å²) in [7, 11) is 4.52. The van der Waals surface area contributed by atoms with Gasteiger partial charge in [-0.1, -0.05) is 6.07 Å². The van der Waals surface area contributed by atoms with E-state index in [1.165, 1.54) is 27.3 Å². The van der Waals surface area contributed by atoms with Crippen LogP contribution in [-0.2, 0) is 0 Å². The molecule has 0 saturated heterocycles. The third-order valence-corrected chi connectivity index (χ3v) is 6.77.